The van der Waals surface area contributed by atoms with E-state index >= 15 is 0 Å². The lowest BCUT2D eigenvalue weighted by Crippen LogP contribution is -2.33. The number of hydrogen-bond acceptors (Lipinski definition) is 7. The van der Waals surface area contributed by atoms with Crippen molar-refractivity contribution in [3.8, 4) is 11.4 Å². The molecule has 4 rings (SSSR count). The minimum Gasteiger partial charge on any atom is -0.368 e. The average Bonchev–Trinajstić information content (AvgIpc) is 3.19. The molecule has 9 heteroatoms. The molecule has 0 aliphatic carbocycles. The van der Waals surface area contributed by atoms with Crippen LogP contribution in [0, 0.1) is 6.92 Å². The highest BCUT2D eigenvalue weighted by Gasteiger charge is 2.25. The third-order valence-corrected chi connectivity index (χ3v) is 4.00. The summed E-state index contributed by atoms with van der Waals surface area (Å²) in [5.74, 6) is 0.601. The van der Waals surface area contributed by atoms with Crippen LogP contribution in [-0.4, -0.2) is 47.4 Å². The van der Waals surface area contributed by atoms with E-state index in [1.165, 1.54) is 0 Å². The molecule has 1 unspecified atom stereocenters. The van der Waals surface area contributed by atoms with Gasteiger partial charge in [0.05, 0.1) is 30.6 Å². The molecule has 124 valence electrons. The largest absolute Gasteiger partial charge is 0.368 e. The van der Waals surface area contributed by atoms with Crippen molar-refractivity contribution < 1.29 is 4.74 Å². The van der Waals surface area contributed by atoms with Gasteiger partial charge in [-0.15, -0.1) is 5.10 Å². The first-order valence-electron chi connectivity index (χ1n) is 7.75. The molecule has 4 heterocycles. The number of ether oxygens (including phenoxy) is 1. The molecule has 0 saturated heterocycles. The van der Waals surface area contributed by atoms with E-state index in [-0.39, 0.29) is 6.10 Å². The van der Waals surface area contributed by atoms with Crippen molar-refractivity contribution in [3.05, 3.63) is 35.9 Å². The Morgan fingerprint density at radius 3 is 2.92 bits per heavy atom. The van der Waals surface area contributed by atoms with Crippen molar-refractivity contribution >= 4 is 5.95 Å². The molecule has 0 fully saturated rings. The van der Waals surface area contributed by atoms with Gasteiger partial charge in [-0.3, -0.25) is 4.68 Å². The summed E-state index contributed by atoms with van der Waals surface area (Å²) in [5.41, 5.74) is 3.76. The summed E-state index contributed by atoms with van der Waals surface area (Å²) in [6.07, 6.45) is 5.31. The minimum atomic E-state index is -0.0107. The summed E-state index contributed by atoms with van der Waals surface area (Å²) in [7, 11) is 1.89. The Kier molecular flexibility index (Phi) is 3.69. The third kappa shape index (κ3) is 2.73. The first kappa shape index (κ1) is 14.8. The fourth-order valence-electron chi connectivity index (χ4n) is 2.68. The molecule has 1 atom stereocenters. The van der Waals surface area contributed by atoms with E-state index in [2.05, 4.69) is 30.7 Å². The van der Waals surface area contributed by atoms with Crippen LogP contribution in [0.1, 0.15) is 11.3 Å². The van der Waals surface area contributed by atoms with Crippen molar-refractivity contribution in [1.29, 1.82) is 0 Å². The molecule has 3 aromatic heterocycles. The van der Waals surface area contributed by atoms with E-state index in [1.54, 1.807) is 23.3 Å². The van der Waals surface area contributed by atoms with Crippen molar-refractivity contribution in [1.82, 2.24) is 34.7 Å². The maximum atomic E-state index is 5.94. The van der Waals surface area contributed by atoms with Crippen LogP contribution in [0.5, 0.6) is 0 Å². The Hall–Kier alpha value is -2.81. The third-order valence-electron chi connectivity index (χ3n) is 4.00. The van der Waals surface area contributed by atoms with E-state index in [0.29, 0.717) is 25.6 Å². The molecule has 0 saturated carbocycles. The van der Waals surface area contributed by atoms with Gasteiger partial charge in [-0.2, -0.15) is 5.10 Å². The summed E-state index contributed by atoms with van der Waals surface area (Å²) in [4.78, 5) is 8.46. The number of hydrogen-bond donors (Lipinski definition) is 1. The summed E-state index contributed by atoms with van der Waals surface area (Å²) in [6, 6.07) is 1.92. The van der Waals surface area contributed by atoms with Crippen molar-refractivity contribution in [2.75, 3.05) is 11.9 Å². The van der Waals surface area contributed by atoms with E-state index < -0.39 is 0 Å². The Morgan fingerprint density at radius 1 is 1.33 bits per heavy atom. The zero-order valence-corrected chi connectivity index (χ0v) is 13.5. The van der Waals surface area contributed by atoms with Crippen LogP contribution in [-0.2, 0) is 24.9 Å². The Bertz CT molecular complexity index is 838. The van der Waals surface area contributed by atoms with E-state index in [9.17, 15) is 0 Å². The fourth-order valence-corrected chi connectivity index (χ4v) is 2.68. The lowest BCUT2D eigenvalue weighted by atomic mass is 10.2. The van der Waals surface area contributed by atoms with Crippen LogP contribution in [0.2, 0.25) is 0 Å². The fraction of sp³-hybridized carbons (Fsp3) is 0.400. The van der Waals surface area contributed by atoms with Gasteiger partial charge >= 0.3 is 0 Å². The SMILES string of the molecule is Cc1cnc(NCC2Cn3nnc(-c4ccnn4C)c3CO2)nc1. The van der Waals surface area contributed by atoms with Crippen molar-refractivity contribution in [2.45, 2.75) is 26.2 Å². The molecule has 0 aromatic carbocycles. The van der Waals surface area contributed by atoms with Crippen molar-refractivity contribution in [3.63, 3.8) is 0 Å². The summed E-state index contributed by atoms with van der Waals surface area (Å²) in [6.45, 7) is 3.68. The maximum Gasteiger partial charge on any atom is 0.222 e. The molecule has 0 spiro atoms. The van der Waals surface area contributed by atoms with Gasteiger partial charge in [0.15, 0.2) is 0 Å². The molecule has 0 bridgehead atoms. The Morgan fingerprint density at radius 2 is 2.17 bits per heavy atom. The molecular formula is C15H18N8O. The number of rotatable bonds is 4. The maximum absolute atomic E-state index is 5.94. The molecule has 3 aromatic rings. The molecule has 1 aliphatic heterocycles. The molecule has 0 radical (unpaired) electrons. The zero-order chi connectivity index (χ0) is 16.5. The number of aryl methyl sites for hydroxylation is 2. The van der Waals surface area contributed by atoms with Gasteiger partial charge in [0.2, 0.25) is 5.95 Å². The molecule has 0 amide bonds. The number of fused-ring (bicyclic) bond motifs is 1. The normalized spacial score (nSPS) is 16.8. The van der Waals surface area contributed by atoms with E-state index in [1.807, 2.05) is 24.7 Å². The van der Waals surface area contributed by atoms with Crippen LogP contribution in [0.15, 0.2) is 24.7 Å². The van der Waals surface area contributed by atoms with Crippen LogP contribution in [0.4, 0.5) is 5.95 Å². The van der Waals surface area contributed by atoms with Gasteiger partial charge < -0.3 is 10.1 Å². The summed E-state index contributed by atoms with van der Waals surface area (Å²) >= 11 is 0. The van der Waals surface area contributed by atoms with Gasteiger partial charge in [-0.05, 0) is 18.6 Å². The Labute approximate surface area is 138 Å². The highest BCUT2D eigenvalue weighted by atomic mass is 16.5. The summed E-state index contributed by atoms with van der Waals surface area (Å²) in [5, 5.41) is 15.9. The van der Waals surface area contributed by atoms with Crippen LogP contribution >= 0.6 is 0 Å². The monoisotopic (exact) mass is 326 g/mol. The molecule has 9 nitrogen and oxygen atoms in total. The standard InChI is InChI=1S/C15H18N8O/c1-10-5-16-15(17-6-10)18-7-11-8-23-13(9-24-11)14(20-21-23)12-3-4-19-22(12)2/h3-6,11H,7-9H2,1-2H3,(H,16,17,18). The molecular weight excluding hydrogens is 308 g/mol. The van der Waals surface area contributed by atoms with Crippen LogP contribution in [0.3, 0.4) is 0 Å². The van der Waals surface area contributed by atoms with Gasteiger partial charge in [-0.25, -0.2) is 14.6 Å². The second-order valence-electron chi connectivity index (χ2n) is 5.80. The zero-order valence-electron chi connectivity index (χ0n) is 13.5. The first-order valence-corrected chi connectivity index (χ1v) is 7.75. The van der Waals surface area contributed by atoms with Gasteiger partial charge in [-0.1, -0.05) is 5.21 Å². The topological polar surface area (TPSA) is 95.6 Å². The molecule has 1 aliphatic rings. The lowest BCUT2D eigenvalue weighted by Gasteiger charge is -2.24. The predicted molar refractivity (Wildman–Crippen MR) is 86.1 cm³/mol. The highest BCUT2D eigenvalue weighted by molar-refractivity contribution is 5.56. The van der Waals surface area contributed by atoms with Crippen LogP contribution < -0.4 is 5.32 Å². The number of nitrogens with zero attached hydrogens (tertiary/aromatic N) is 7. The Balaban J connectivity index is 1.44. The first-order chi connectivity index (χ1) is 11.7. The second-order valence-corrected chi connectivity index (χ2v) is 5.80. The number of aromatic nitrogens is 7. The van der Waals surface area contributed by atoms with Crippen LogP contribution in [0.25, 0.3) is 11.4 Å². The quantitative estimate of drug-likeness (QED) is 0.757. The van der Waals surface area contributed by atoms with Gasteiger partial charge in [0.25, 0.3) is 0 Å². The lowest BCUT2D eigenvalue weighted by molar-refractivity contribution is 0.00877. The number of nitrogens with one attached hydrogen (secondary N) is 1. The number of anilines is 1. The van der Waals surface area contributed by atoms with E-state index in [0.717, 1.165) is 22.6 Å². The molecule has 1 N–H and O–H groups in total. The second kappa shape index (κ2) is 6.00. The van der Waals surface area contributed by atoms with Crippen molar-refractivity contribution in [2.24, 2.45) is 7.05 Å². The molecule has 24 heavy (non-hydrogen) atoms. The van der Waals surface area contributed by atoms with Gasteiger partial charge in [0.1, 0.15) is 5.69 Å². The predicted octanol–water partition coefficient (Wildman–Crippen LogP) is 0.788. The van der Waals surface area contributed by atoms with E-state index in [4.69, 9.17) is 4.74 Å². The minimum absolute atomic E-state index is 0.0107. The van der Waals surface area contributed by atoms with Gasteiger partial charge in [0, 0.05) is 32.2 Å². The average molecular weight is 326 g/mol. The smallest absolute Gasteiger partial charge is 0.222 e. The summed E-state index contributed by atoms with van der Waals surface area (Å²) < 4.78 is 9.62. The highest BCUT2D eigenvalue weighted by Crippen LogP contribution is 2.24.